The lowest BCUT2D eigenvalue weighted by Crippen LogP contribution is -2.14. The van der Waals surface area contributed by atoms with Crippen LogP contribution in [0.1, 0.15) is 27.2 Å². The predicted molar refractivity (Wildman–Crippen MR) is 77.5 cm³/mol. The van der Waals surface area contributed by atoms with Crippen molar-refractivity contribution < 1.29 is 8.42 Å². The summed E-state index contributed by atoms with van der Waals surface area (Å²) in [7, 11) is -3.18. The quantitative estimate of drug-likeness (QED) is 0.801. The van der Waals surface area contributed by atoms with Crippen molar-refractivity contribution in [3.8, 4) is 0 Å². The van der Waals surface area contributed by atoms with Crippen molar-refractivity contribution >= 4 is 21.4 Å². The Balaban J connectivity index is 2.52. The first-order chi connectivity index (χ1) is 8.43. The average Bonchev–Trinajstić information content (AvgIpc) is 2.31. The lowest BCUT2D eigenvalue weighted by Gasteiger charge is -2.10. The van der Waals surface area contributed by atoms with Crippen molar-refractivity contribution in [2.24, 2.45) is 5.92 Å². The summed E-state index contributed by atoms with van der Waals surface area (Å²) in [6, 6.07) is 7.30. The summed E-state index contributed by atoms with van der Waals surface area (Å²) in [6.45, 7) is 6.91. The molecule has 18 heavy (non-hydrogen) atoms. The number of hydrogen-bond acceptors (Lipinski definition) is 3. The summed E-state index contributed by atoms with van der Waals surface area (Å²) in [5, 5.41) is 3.30. The first-order valence-corrected chi connectivity index (χ1v) is 7.92. The van der Waals surface area contributed by atoms with Gasteiger partial charge in [-0.15, -0.1) is 0 Å². The van der Waals surface area contributed by atoms with E-state index in [1.165, 1.54) is 0 Å². The van der Waals surface area contributed by atoms with Gasteiger partial charge in [-0.25, -0.2) is 8.42 Å². The predicted octanol–water partition coefficient (Wildman–Crippen LogP) is 2.91. The highest BCUT2D eigenvalue weighted by atomic mass is 32.2. The molecule has 0 aliphatic heterocycles. The van der Waals surface area contributed by atoms with Gasteiger partial charge in [-0.05, 0) is 43.5 Å². The standard InChI is InChI=1S/C13H22N2O2S/c1-4-18(16,17)15-13-7-5-12(6-8-13)14-10-9-11(2)3/h5-8,11,14-15H,4,9-10H2,1-3H3. The Bertz CT molecular complexity index is 452. The molecule has 2 N–H and O–H groups in total. The average molecular weight is 270 g/mol. The molecule has 0 radical (unpaired) electrons. The molecule has 0 unspecified atom stereocenters. The third kappa shape index (κ3) is 5.40. The minimum absolute atomic E-state index is 0.0847. The Morgan fingerprint density at radius 2 is 1.67 bits per heavy atom. The van der Waals surface area contributed by atoms with Crippen LogP contribution in [0.2, 0.25) is 0 Å². The molecular weight excluding hydrogens is 248 g/mol. The molecule has 0 atom stereocenters. The minimum Gasteiger partial charge on any atom is -0.385 e. The maximum Gasteiger partial charge on any atom is 0.232 e. The Labute approximate surface area is 110 Å². The van der Waals surface area contributed by atoms with E-state index in [1.807, 2.05) is 12.1 Å². The molecule has 1 aromatic rings. The Hall–Kier alpha value is -1.23. The molecule has 5 heteroatoms. The lowest BCUT2D eigenvalue weighted by molar-refractivity contribution is 0.602. The van der Waals surface area contributed by atoms with Crippen LogP contribution in [-0.4, -0.2) is 20.7 Å². The van der Waals surface area contributed by atoms with Crippen LogP contribution >= 0.6 is 0 Å². The molecular formula is C13H22N2O2S. The topological polar surface area (TPSA) is 58.2 Å². The molecule has 4 nitrogen and oxygen atoms in total. The van der Waals surface area contributed by atoms with Gasteiger partial charge in [0.25, 0.3) is 0 Å². The Morgan fingerprint density at radius 3 is 2.17 bits per heavy atom. The SMILES string of the molecule is CCS(=O)(=O)Nc1ccc(NCCC(C)C)cc1. The smallest absolute Gasteiger partial charge is 0.232 e. The van der Waals surface area contributed by atoms with Crippen molar-refractivity contribution in [1.29, 1.82) is 0 Å². The lowest BCUT2D eigenvalue weighted by atomic mass is 10.1. The summed E-state index contributed by atoms with van der Waals surface area (Å²) in [6.07, 6.45) is 1.12. The maximum atomic E-state index is 11.4. The van der Waals surface area contributed by atoms with Gasteiger partial charge < -0.3 is 5.32 Å². The van der Waals surface area contributed by atoms with Crippen LogP contribution in [0.25, 0.3) is 0 Å². The zero-order chi connectivity index (χ0) is 13.6. The number of anilines is 2. The Morgan fingerprint density at radius 1 is 1.11 bits per heavy atom. The van der Waals surface area contributed by atoms with Gasteiger partial charge in [-0.2, -0.15) is 0 Å². The second-order valence-corrected chi connectivity index (χ2v) is 6.70. The first-order valence-electron chi connectivity index (χ1n) is 6.27. The van der Waals surface area contributed by atoms with E-state index >= 15 is 0 Å². The third-order valence-corrected chi connectivity index (χ3v) is 3.90. The second-order valence-electron chi connectivity index (χ2n) is 4.69. The summed E-state index contributed by atoms with van der Waals surface area (Å²) in [5.74, 6) is 0.759. The molecule has 1 aromatic carbocycles. The number of nitrogens with one attached hydrogen (secondary N) is 2. The maximum absolute atomic E-state index is 11.4. The van der Waals surface area contributed by atoms with Crippen LogP contribution in [0.15, 0.2) is 24.3 Å². The van der Waals surface area contributed by atoms with Crippen molar-refractivity contribution in [2.75, 3.05) is 22.3 Å². The summed E-state index contributed by atoms with van der Waals surface area (Å²) in [5.41, 5.74) is 1.61. The van der Waals surface area contributed by atoms with Gasteiger partial charge in [-0.1, -0.05) is 13.8 Å². The van der Waals surface area contributed by atoms with Crippen molar-refractivity contribution in [2.45, 2.75) is 27.2 Å². The minimum atomic E-state index is -3.18. The number of benzene rings is 1. The van der Waals surface area contributed by atoms with E-state index in [1.54, 1.807) is 19.1 Å². The molecule has 102 valence electrons. The molecule has 0 saturated heterocycles. The molecule has 0 bridgehead atoms. The van der Waals surface area contributed by atoms with Gasteiger partial charge in [0.05, 0.1) is 5.75 Å². The third-order valence-electron chi connectivity index (χ3n) is 2.59. The van der Waals surface area contributed by atoms with E-state index in [2.05, 4.69) is 23.9 Å². The molecule has 0 amide bonds. The summed E-state index contributed by atoms with van der Waals surface area (Å²) in [4.78, 5) is 0. The van der Waals surface area contributed by atoms with E-state index < -0.39 is 10.0 Å². The molecule has 0 aromatic heterocycles. The second kappa shape index (κ2) is 6.64. The molecule has 0 saturated carbocycles. The molecule has 0 heterocycles. The Kier molecular flexibility index (Phi) is 5.47. The number of sulfonamides is 1. The van der Waals surface area contributed by atoms with Gasteiger partial charge in [-0.3, -0.25) is 4.72 Å². The molecule has 0 spiro atoms. The summed E-state index contributed by atoms with van der Waals surface area (Å²) >= 11 is 0. The van der Waals surface area contributed by atoms with E-state index in [0.717, 1.165) is 18.7 Å². The van der Waals surface area contributed by atoms with Crippen LogP contribution < -0.4 is 10.0 Å². The highest BCUT2D eigenvalue weighted by Gasteiger charge is 2.05. The zero-order valence-electron chi connectivity index (χ0n) is 11.2. The van der Waals surface area contributed by atoms with E-state index in [4.69, 9.17) is 0 Å². The van der Waals surface area contributed by atoms with Gasteiger partial charge in [0.2, 0.25) is 10.0 Å². The van der Waals surface area contributed by atoms with Crippen LogP contribution in [0.5, 0.6) is 0 Å². The van der Waals surface area contributed by atoms with Crippen molar-refractivity contribution in [3.63, 3.8) is 0 Å². The molecule has 0 aliphatic carbocycles. The fraction of sp³-hybridized carbons (Fsp3) is 0.538. The van der Waals surface area contributed by atoms with Crippen LogP contribution in [0.3, 0.4) is 0 Å². The normalized spacial score (nSPS) is 11.6. The number of hydrogen-bond donors (Lipinski definition) is 2. The van der Waals surface area contributed by atoms with Crippen LogP contribution in [0, 0.1) is 5.92 Å². The van der Waals surface area contributed by atoms with Gasteiger partial charge in [0.1, 0.15) is 0 Å². The van der Waals surface area contributed by atoms with Crippen molar-refractivity contribution in [1.82, 2.24) is 0 Å². The van der Waals surface area contributed by atoms with Crippen LogP contribution in [-0.2, 0) is 10.0 Å². The summed E-state index contributed by atoms with van der Waals surface area (Å²) < 4.78 is 25.3. The monoisotopic (exact) mass is 270 g/mol. The zero-order valence-corrected chi connectivity index (χ0v) is 12.0. The molecule has 1 rings (SSSR count). The van der Waals surface area contributed by atoms with Gasteiger partial charge in [0.15, 0.2) is 0 Å². The first kappa shape index (κ1) is 14.8. The van der Waals surface area contributed by atoms with Crippen molar-refractivity contribution in [3.05, 3.63) is 24.3 Å². The number of rotatable bonds is 7. The van der Waals surface area contributed by atoms with E-state index in [-0.39, 0.29) is 5.75 Å². The fourth-order valence-corrected chi connectivity index (χ4v) is 2.05. The fourth-order valence-electron chi connectivity index (χ4n) is 1.41. The van der Waals surface area contributed by atoms with Gasteiger partial charge in [0, 0.05) is 17.9 Å². The highest BCUT2D eigenvalue weighted by molar-refractivity contribution is 7.92. The largest absolute Gasteiger partial charge is 0.385 e. The highest BCUT2D eigenvalue weighted by Crippen LogP contribution is 2.15. The van der Waals surface area contributed by atoms with E-state index in [9.17, 15) is 8.42 Å². The van der Waals surface area contributed by atoms with E-state index in [0.29, 0.717) is 11.6 Å². The van der Waals surface area contributed by atoms with Gasteiger partial charge >= 0.3 is 0 Å². The molecule has 0 aliphatic rings. The van der Waals surface area contributed by atoms with Crippen LogP contribution in [0.4, 0.5) is 11.4 Å². The molecule has 0 fully saturated rings.